The van der Waals surface area contributed by atoms with Gasteiger partial charge in [0.25, 0.3) is 11.8 Å². The molecule has 2 aromatic heterocycles. The number of carbonyl (C=O) groups excluding carboxylic acids is 2. The number of rotatable bonds is 8. The molecule has 1 atom stereocenters. The molecule has 12 heteroatoms. The molecule has 5 rings (SSSR count). The molecule has 0 aliphatic carbocycles. The monoisotopic (exact) mass is 528 g/mol. The first kappa shape index (κ1) is 25.8. The first-order chi connectivity index (χ1) is 18.1. The molecule has 0 saturated carbocycles. The number of alkyl halides is 2. The van der Waals surface area contributed by atoms with Gasteiger partial charge in [-0.2, -0.15) is 13.9 Å². The van der Waals surface area contributed by atoms with Crippen molar-refractivity contribution < 1.29 is 27.8 Å². The minimum atomic E-state index is -3.43. The summed E-state index contributed by atoms with van der Waals surface area (Å²) in [5.41, 5.74) is 7.38. The summed E-state index contributed by atoms with van der Waals surface area (Å²) in [5, 5.41) is 11.3. The maximum absolute atomic E-state index is 13.7. The number of nitrogens with one attached hydrogen (secondary N) is 2. The van der Waals surface area contributed by atoms with Crippen LogP contribution in [0.5, 0.6) is 11.6 Å². The van der Waals surface area contributed by atoms with Crippen LogP contribution >= 0.6 is 0 Å². The highest BCUT2D eigenvalue weighted by Gasteiger charge is 2.48. The molecule has 2 aliphatic heterocycles. The number of halogens is 2. The lowest BCUT2D eigenvalue weighted by molar-refractivity contribution is -0.139. The van der Waals surface area contributed by atoms with E-state index in [1.54, 1.807) is 24.5 Å². The molecule has 202 valence electrons. The Morgan fingerprint density at radius 1 is 1.24 bits per heavy atom. The van der Waals surface area contributed by atoms with E-state index in [1.807, 2.05) is 24.7 Å². The van der Waals surface area contributed by atoms with Crippen molar-refractivity contribution in [3.05, 3.63) is 36.3 Å². The summed E-state index contributed by atoms with van der Waals surface area (Å²) in [4.78, 5) is 28.3. The summed E-state index contributed by atoms with van der Waals surface area (Å²) in [6.07, 6.45) is 6.31. The SMILES string of the molecule is CC(C)Oc1cc2c(OC[C@@H]3CC(F)(F)C(=O)N3)ncc(-c3cnn(C4CCNCC4)c3)c2cc1C(N)=O. The van der Waals surface area contributed by atoms with E-state index in [9.17, 15) is 18.4 Å². The molecule has 0 bridgehead atoms. The molecular formula is C26H30F2N6O4. The molecule has 1 aromatic carbocycles. The Morgan fingerprint density at radius 2 is 2.00 bits per heavy atom. The lowest BCUT2D eigenvalue weighted by Crippen LogP contribution is -2.33. The van der Waals surface area contributed by atoms with Gasteiger partial charge in [-0.25, -0.2) is 4.98 Å². The Labute approximate surface area is 217 Å². The van der Waals surface area contributed by atoms with E-state index >= 15 is 0 Å². The van der Waals surface area contributed by atoms with Gasteiger partial charge < -0.3 is 25.8 Å². The lowest BCUT2D eigenvalue weighted by atomic mass is 9.99. The fraction of sp³-hybridized carbons (Fsp3) is 0.462. The third kappa shape index (κ3) is 5.13. The van der Waals surface area contributed by atoms with Crippen LogP contribution in [-0.2, 0) is 4.79 Å². The van der Waals surface area contributed by atoms with E-state index in [1.165, 1.54) is 0 Å². The second-order valence-corrected chi connectivity index (χ2v) is 9.98. The number of hydrogen-bond acceptors (Lipinski definition) is 7. The van der Waals surface area contributed by atoms with Gasteiger partial charge in [0.2, 0.25) is 5.88 Å². The zero-order valence-electron chi connectivity index (χ0n) is 21.2. The highest BCUT2D eigenvalue weighted by molar-refractivity contribution is 6.06. The minimum absolute atomic E-state index is 0.156. The van der Waals surface area contributed by atoms with Crippen molar-refractivity contribution in [1.29, 1.82) is 0 Å². The minimum Gasteiger partial charge on any atom is -0.490 e. The lowest BCUT2D eigenvalue weighted by Gasteiger charge is -2.22. The fourth-order valence-electron chi connectivity index (χ4n) is 4.90. The summed E-state index contributed by atoms with van der Waals surface area (Å²) < 4.78 is 41.0. The van der Waals surface area contributed by atoms with E-state index in [4.69, 9.17) is 15.2 Å². The van der Waals surface area contributed by atoms with E-state index in [0.29, 0.717) is 16.3 Å². The molecule has 10 nitrogen and oxygen atoms in total. The molecule has 0 spiro atoms. The third-order valence-corrected chi connectivity index (χ3v) is 6.77. The van der Waals surface area contributed by atoms with Crippen molar-refractivity contribution in [2.24, 2.45) is 5.73 Å². The third-order valence-electron chi connectivity index (χ3n) is 6.77. The molecule has 4 N–H and O–H groups in total. The molecule has 2 amide bonds. The Balaban J connectivity index is 1.55. The smallest absolute Gasteiger partial charge is 0.326 e. The van der Waals surface area contributed by atoms with Crippen LogP contribution in [0, 0.1) is 0 Å². The number of carbonyl (C=O) groups is 2. The first-order valence-electron chi connectivity index (χ1n) is 12.6. The molecule has 0 radical (unpaired) electrons. The number of nitrogens with zero attached hydrogens (tertiary/aromatic N) is 3. The summed E-state index contributed by atoms with van der Waals surface area (Å²) in [5.74, 6) is -4.99. The Bertz CT molecular complexity index is 1370. The van der Waals surface area contributed by atoms with Gasteiger partial charge in [-0.15, -0.1) is 0 Å². The van der Waals surface area contributed by atoms with Crippen LogP contribution in [0.1, 0.15) is 49.5 Å². The fourth-order valence-corrected chi connectivity index (χ4v) is 4.90. The van der Waals surface area contributed by atoms with Crippen LogP contribution in [0.25, 0.3) is 21.9 Å². The number of fused-ring (bicyclic) bond motifs is 1. The molecule has 0 unspecified atom stereocenters. The number of primary amides is 1. The van der Waals surface area contributed by atoms with E-state index in [-0.39, 0.29) is 35.9 Å². The highest BCUT2D eigenvalue weighted by atomic mass is 19.3. The highest BCUT2D eigenvalue weighted by Crippen LogP contribution is 2.38. The van der Waals surface area contributed by atoms with Crippen LogP contribution in [0.2, 0.25) is 0 Å². The zero-order chi connectivity index (χ0) is 27.0. The zero-order valence-corrected chi connectivity index (χ0v) is 21.2. The standard InChI is InChI=1S/C26H30F2N6O4/c1-14(2)38-22-8-19-18(7-20(22)23(29)35)21(15-10-32-34(12-15)17-3-5-30-6-4-17)11-31-24(19)37-13-16-9-26(27,28)25(36)33-16/h7-8,10-12,14,16-17,30H,3-6,9,13H2,1-2H3,(H2,29,35)(H,33,36)/t16-/m0/s1. The Morgan fingerprint density at radius 3 is 2.66 bits per heavy atom. The quantitative estimate of drug-likeness (QED) is 0.409. The summed E-state index contributed by atoms with van der Waals surface area (Å²) in [6.45, 7) is 5.28. The van der Waals surface area contributed by atoms with Crippen LogP contribution in [0.4, 0.5) is 8.78 Å². The number of benzene rings is 1. The van der Waals surface area contributed by atoms with Crippen molar-refractivity contribution in [2.45, 2.75) is 57.2 Å². The van der Waals surface area contributed by atoms with Crippen molar-refractivity contribution in [2.75, 3.05) is 19.7 Å². The molecule has 4 heterocycles. The average Bonchev–Trinajstić information content (AvgIpc) is 3.46. The predicted octanol–water partition coefficient (Wildman–Crippen LogP) is 2.81. The molecule has 38 heavy (non-hydrogen) atoms. The van der Waals surface area contributed by atoms with Crippen LogP contribution < -0.4 is 25.8 Å². The van der Waals surface area contributed by atoms with Gasteiger partial charge in [0.1, 0.15) is 12.4 Å². The molecular weight excluding hydrogens is 498 g/mol. The van der Waals surface area contributed by atoms with Gasteiger partial charge in [0.15, 0.2) is 0 Å². The topological polar surface area (TPSA) is 133 Å². The number of pyridine rings is 1. The van der Waals surface area contributed by atoms with E-state index in [0.717, 1.165) is 31.5 Å². The van der Waals surface area contributed by atoms with E-state index in [2.05, 4.69) is 20.7 Å². The largest absolute Gasteiger partial charge is 0.490 e. The van der Waals surface area contributed by atoms with Crippen molar-refractivity contribution >= 4 is 22.6 Å². The van der Waals surface area contributed by atoms with Crippen LogP contribution in [0.15, 0.2) is 30.7 Å². The van der Waals surface area contributed by atoms with Crippen LogP contribution in [0.3, 0.4) is 0 Å². The second-order valence-electron chi connectivity index (χ2n) is 9.98. The van der Waals surface area contributed by atoms with Gasteiger partial charge in [-0.1, -0.05) is 0 Å². The number of hydrogen-bond donors (Lipinski definition) is 3. The normalized spacial score (nSPS) is 19.6. The van der Waals surface area contributed by atoms with Crippen LogP contribution in [-0.4, -0.2) is 64.3 Å². The van der Waals surface area contributed by atoms with E-state index < -0.39 is 30.2 Å². The van der Waals surface area contributed by atoms with Crippen molar-refractivity contribution in [1.82, 2.24) is 25.4 Å². The second kappa shape index (κ2) is 10.2. The Kier molecular flexibility index (Phi) is 6.91. The summed E-state index contributed by atoms with van der Waals surface area (Å²) in [6, 6.07) is 2.67. The van der Waals surface area contributed by atoms with Gasteiger partial charge in [0.05, 0.1) is 29.9 Å². The molecule has 3 aromatic rings. The summed E-state index contributed by atoms with van der Waals surface area (Å²) in [7, 11) is 0. The number of aromatic nitrogens is 3. The molecule has 2 fully saturated rings. The summed E-state index contributed by atoms with van der Waals surface area (Å²) >= 11 is 0. The average molecular weight is 529 g/mol. The number of ether oxygens (including phenoxy) is 2. The van der Waals surface area contributed by atoms with Crippen molar-refractivity contribution in [3.63, 3.8) is 0 Å². The number of nitrogens with two attached hydrogens (primary N) is 1. The molecule has 2 aliphatic rings. The van der Waals surface area contributed by atoms with Gasteiger partial charge in [-0.3, -0.25) is 14.3 Å². The first-order valence-corrected chi connectivity index (χ1v) is 12.6. The van der Waals surface area contributed by atoms with Gasteiger partial charge >= 0.3 is 5.92 Å². The number of piperidine rings is 1. The maximum atomic E-state index is 13.7. The predicted molar refractivity (Wildman–Crippen MR) is 135 cm³/mol. The van der Waals surface area contributed by atoms with Crippen molar-refractivity contribution in [3.8, 4) is 22.8 Å². The molecule has 2 saturated heterocycles. The Hall–Kier alpha value is -3.80. The van der Waals surface area contributed by atoms with Gasteiger partial charge in [-0.05, 0) is 57.3 Å². The van der Waals surface area contributed by atoms with Gasteiger partial charge in [0, 0.05) is 35.3 Å². The number of amides is 2. The maximum Gasteiger partial charge on any atom is 0.326 e.